The molecule has 2 heteroatoms. The standard InChI is InChI=1S/C6H12OS/c8-5-6-2-1-3-7-4-6/h6,8H,1-5H2. The van der Waals surface area contributed by atoms with Crippen LogP contribution in [0, 0.1) is 5.92 Å². The van der Waals surface area contributed by atoms with Crippen molar-refractivity contribution in [1.29, 1.82) is 0 Å². The molecule has 0 bridgehead atoms. The first-order valence-electron chi connectivity index (χ1n) is 3.12. The van der Waals surface area contributed by atoms with Crippen LogP contribution in [0.1, 0.15) is 12.8 Å². The Morgan fingerprint density at radius 2 is 2.50 bits per heavy atom. The molecule has 0 spiro atoms. The molecule has 48 valence electrons. The van der Waals surface area contributed by atoms with Gasteiger partial charge in [0, 0.05) is 6.61 Å². The van der Waals surface area contributed by atoms with Crippen LogP contribution in [-0.2, 0) is 4.74 Å². The highest BCUT2D eigenvalue weighted by Crippen LogP contribution is 2.13. The topological polar surface area (TPSA) is 9.23 Å². The molecule has 1 rings (SSSR count). The maximum absolute atomic E-state index is 5.22. The first kappa shape index (κ1) is 6.43. The van der Waals surface area contributed by atoms with Crippen molar-refractivity contribution in [2.45, 2.75) is 12.8 Å². The molecule has 1 saturated heterocycles. The van der Waals surface area contributed by atoms with Crippen molar-refractivity contribution in [3.05, 3.63) is 0 Å². The lowest BCUT2D eigenvalue weighted by Crippen LogP contribution is -2.18. The van der Waals surface area contributed by atoms with Crippen LogP contribution in [0.25, 0.3) is 0 Å². The predicted octanol–water partition coefficient (Wildman–Crippen LogP) is 1.34. The van der Waals surface area contributed by atoms with Gasteiger partial charge in [-0.15, -0.1) is 0 Å². The van der Waals surface area contributed by atoms with Gasteiger partial charge in [-0.2, -0.15) is 12.6 Å². The lowest BCUT2D eigenvalue weighted by molar-refractivity contribution is 0.0633. The molecule has 1 aliphatic rings. The van der Waals surface area contributed by atoms with Crippen LogP contribution in [0.4, 0.5) is 0 Å². The molecule has 0 aliphatic carbocycles. The van der Waals surface area contributed by atoms with E-state index in [0.29, 0.717) is 0 Å². The molecule has 1 unspecified atom stereocenters. The lowest BCUT2D eigenvalue weighted by atomic mass is 10.1. The fourth-order valence-corrected chi connectivity index (χ4v) is 1.24. The highest BCUT2D eigenvalue weighted by molar-refractivity contribution is 7.80. The van der Waals surface area contributed by atoms with Crippen molar-refractivity contribution in [3.8, 4) is 0 Å². The molecular weight excluding hydrogens is 120 g/mol. The van der Waals surface area contributed by atoms with Gasteiger partial charge in [0.15, 0.2) is 0 Å². The molecule has 1 nitrogen and oxygen atoms in total. The van der Waals surface area contributed by atoms with Gasteiger partial charge in [0.2, 0.25) is 0 Å². The molecule has 0 aromatic carbocycles. The van der Waals surface area contributed by atoms with Crippen LogP contribution < -0.4 is 0 Å². The van der Waals surface area contributed by atoms with E-state index in [2.05, 4.69) is 12.6 Å². The van der Waals surface area contributed by atoms with Crippen molar-refractivity contribution >= 4 is 12.6 Å². The van der Waals surface area contributed by atoms with Crippen molar-refractivity contribution in [2.24, 2.45) is 5.92 Å². The molecule has 1 aliphatic heterocycles. The minimum absolute atomic E-state index is 0.729. The Bertz CT molecular complexity index is 59.5. The molecule has 0 aromatic heterocycles. The lowest BCUT2D eigenvalue weighted by Gasteiger charge is -2.19. The van der Waals surface area contributed by atoms with Crippen LogP contribution in [0.3, 0.4) is 0 Å². The smallest absolute Gasteiger partial charge is 0.0502 e. The fraction of sp³-hybridized carbons (Fsp3) is 1.00. The van der Waals surface area contributed by atoms with E-state index in [1.54, 1.807) is 0 Å². The van der Waals surface area contributed by atoms with Gasteiger partial charge >= 0.3 is 0 Å². The van der Waals surface area contributed by atoms with E-state index in [1.165, 1.54) is 12.8 Å². The van der Waals surface area contributed by atoms with Crippen molar-refractivity contribution in [2.75, 3.05) is 19.0 Å². The Balaban J connectivity index is 2.13. The first-order chi connectivity index (χ1) is 3.93. The average Bonchev–Trinajstić information content (AvgIpc) is 1.90. The summed E-state index contributed by atoms with van der Waals surface area (Å²) in [6, 6.07) is 0. The van der Waals surface area contributed by atoms with Gasteiger partial charge in [-0.25, -0.2) is 0 Å². The molecule has 0 radical (unpaired) electrons. The number of hydrogen-bond acceptors (Lipinski definition) is 2. The molecule has 0 saturated carbocycles. The zero-order valence-electron chi connectivity index (χ0n) is 4.97. The van der Waals surface area contributed by atoms with Crippen LogP contribution in [0.15, 0.2) is 0 Å². The van der Waals surface area contributed by atoms with Crippen LogP contribution in [0.2, 0.25) is 0 Å². The number of rotatable bonds is 1. The zero-order chi connectivity index (χ0) is 5.82. The SMILES string of the molecule is SCC1CCCOC1. The predicted molar refractivity (Wildman–Crippen MR) is 37.4 cm³/mol. The Labute approximate surface area is 55.8 Å². The summed E-state index contributed by atoms with van der Waals surface area (Å²) in [6.45, 7) is 1.90. The van der Waals surface area contributed by atoms with Gasteiger partial charge in [0.25, 0.3) is 0 Å². The summed E-state index contributed by atoms with van der Waals surface area (Å²) < 4.78 is 5.22. The Morgan fingerprint density at radius 1 is 1.62 bits per heavy atom. The second kappa shape index (κ2) is 3.36. The quantitative estimate of drug-likeness (QED) is 0.530. The van der Waals surface area contributed by atoms with Crippen LogP contribution >= 0.6 is 12.6 Å². The Morgan fingerprint density at radius 3 is 2.88 bits per heavy atom. The van der Waals surface area contributed by atoms with E-state index < -0.39 is 0 Å². The Hall–Kier alpha value is 0.310. The van der Waals surface area contributed by atoms with Crippen LogP contribution in [-0.4, -0.2) is 19.0 Å². The van der Waals surface area contributed by atoms with Crippen LogP contribution in [0.5, 0.6) is 0 Å². The number of thiol groups is 1. The van der Waals surface area contributed by atoms with E-state index in [1.807, 2.05) is 0 Å². The summed E-state index contributed by atoms with van der Waals surface area (Å²) in [5.41, 5.74) is 0. The summed E-state index contributed by atoms with van der Waals surface area (Å²) in [5, 5.41) is 0. The minimum atomic E-state index is 0.729. The summed E-state index contributed by atoms with van der Waals surface area (Å²) in [7, 11) is 0. The molecular formula is C6H12OS. The van der Waals surface area contributed by atoms with Crippen molar-refractivity contribution in [1.82, 2.24) is 0 Å². The average molecular weight is 132 g/mol. The maximum atomic E-state index is 5.22. The fourth-order valence-electron chi connectivity index (χ4n) is 0.951. The van der Waals surface area contributed by atoms with E-state index in [0.717, 1.165) is 24.9 Å². The third-order valence-corrected chi connectivity index (χ3v) is 2.03. The summed E-state index contributed by atoms with van der Waals surface area (Å²) >= 11 is 4.18. The monoisotopic (exact) mass is 132 g/mol. The zero-order valence-corrected chi connectivity index (χ0v) is 5.86. The third kappa shape index (κ3) is 1.67. The van der Waals surface area contributed by atoms with E-state index in [4.69, 9.17) is 4.74 Å². The van der Waals surface area contributed by atoms with Gasteiger partial charge < -0.3 is 4.74 Å². The highest BCUT2D eigenvalue weighted by Gasteiger charge is 2.10. The van der Waals surface area contributed by atoms with E-state index >= 15 is 0 Å². The minimum Gasteiger partial charge on any atom is -0.381 e. The molecule has 0 aromatic rings. The largest absolute Gasteiger partial charge is 0.381 e. The van der Waals surface area contributed by atoms with Crippen molar-refractivity contribution in [3.63, 3.8) is 0 Å². The van der Waals surface area contributed by atoms with E-state index in [-0.39, 0.29) is 0 Å². The van der Waals surface area contributed by atoms with Gasteiger partial charge in [-0.05, 0) is 24.5 Å². The number of hydrogen-bond donors (Lipinski definition) is 1. The Kier molecular flexibility index (Phi) is 2.70. The van der Waals surface area contributed by atoms with Gasteiger partial charge in [-0.3, -0.25) is 0 Å². The van der Waals surface area contributed by atoms with Gasteiger partial charge in [0.05, 0.1) is 6.61 Å². The second-order valence-electron chi connectivity index (χ2n) is 2.27. The normalized spacial score (nSPS) is 30.4. The number of ether oxygens (including phenoxy) is 1. The van der Waals surface area contributed by atoms with Gasteiger partial charge in [-0.1, -0.05) is 0 Å². The van der Waals surface area contributed by atoms with Gasteiger partial charge in [0.1, 0.15) is 0 Å². The summed E-state index contributed by atoms with van der Waals surface area (Å²) in [6.07, 6.45) is 2.54. The molecule has 1 heterocycles. The highest BCUT2D eigenvalue weighted by atomic mass is 32.1. The second-order valence-corrected chi connectivity index (χ2v) is 2.63. The maximum Gasteiger partial charge on any atom is 0.0502 e. The van der Waals surface area contributed by atoms with Crippen molar-refractivity contribution < 1.29 is 4.74 Å². The van der Waals surface area contributed by atoms with E-state index in [9.17, 15) is 0 Å². The molecule has 0 N–H and O–H groups in total. The summed E-state index contributed by atoms with van der Waals surface area (Å²) in [4.78, 5) is 0. The molecule has 0 amide bonds. The third-order valence-electron chi connectivity index (χ3n) is 1.51. The molecule has 8 heavy (non-hydrogen) atoms. The molecule has 1 fully saturated rings. The first-order valence-corrected chi connectivity index (χ1v) is 3.75. The summed E-state index contributed by atoms with van der Waals surface area (Å²) in [5.74, 6) is 1.71. The molecule has 1 atom stereocenters.